The Kier molecular flexibility index (Phi) is 6.38. The van der Waals surface area contributed by atoms with Gasteiger partial charge in [-0.2, -0.15) is 5.26 Å². The zero-order valence-electron chi connectivity index (χ0n) is 17.4. The number of benzene rings is 2. The van der Waals surface area contributed by atoms with Crippen LogP contribution in [-0.4, -0.2) is 15.9 Å². The first-order valence-corrected chi connectivity index (χ1v) is 9.74. The van der Waals surface area contributed by atoms with Crippen molar-refractivity contribution >= 4 is 11.5 Å². The molecule has 5 nitrogen and oxygen atoms in total. The molecule has 0 aliphatic carbocycles. The monoisotopic (exact) mass is 396 g/mol. The molecule has 1 heterocycles. The van der Waals surface area contributed by atoms with Crippen molar-refractivity contribution in [1.82, 2.24) is 15.3 Å². The van der Waals surface area contributed by atoms with Crippen molar-refractivity contribution in [3.05, 3.63) is 101 Å². The molecular formula is C25H24N4O. The maximum atomic E-state index is 12.7. The molecule has 30 heavy (non-hydrogen) atoms. The Balaban J connectivity index is 1.92. The highest BCUT2D eigenvalue weighted by Crippen LogP contribution is 2.31. The normalized spacial score (nSPS) is 11.9. The minimum Gasteiger partial charge on any atom is -0.322 e. The second-order valence-electron chi connectivity index (χ2n) is 8.02. The Morgan fingerprint density at radius 1 is 1.00 bits per heavy atom. The van der Waals surface area contributed by atoms with Crippen molar-refractivity contribution in [2.45, 2.75) is 27.2 Å². The number of nitrogens with one attached hydrogen (secondary N) is 1. The summed E-state index contributed by atoms with van der Waals surface area (Å²) in [7, 11) is 0. The Morgan fingerprint density at radius 2 is 1.67 bits per heavy atom. The molecular weight excluding hydrogens is 372 g/mol. The zero-order valence-corrected chi connectivity index (χ0v) is 17.4. The Labute approximate surface area is 177 Å². The molecule has 1 aromatic heterocycles. The van der Waals surface area contributed by atoms with Gasteiger partial charge in [0.2, 0.25) is 0 Å². The summed E-state index contributed by atoms with van der Waals surface area (Å²) in [6.45, 7) is 5.88. The highest BCUT2D eigenvalue weighted by molar-refractivity contribution is 5.95. The van der Waals surface area contributed by atoms with Gasteiger partial charge in [-0.1, -0.05) is 75.4 Å². The van der Waals surface area contributed by atoms with E-state index in [4.69, 9.17) is 0 Å². The highest BCUT2D eigenvalue weighted by atomic mass is 16.1. The van der Waals surface area contributed by atoms with Gasteiger partial charge in [-0.05, 0) is 23.1 Å². The van der Waals surface area contributed by atoms with Crippen LogP contribution in [0, 0.1) is 16.7 Å². The maximum absolute atomic E-state index is 12.7. The van der Waals surface area contributed by atoms with Crippen molar-refractivity contribution in [1.29, 1.82) is 5.26 Å². The van der Waals surface area contributed by atoms with E-state index < -0.39 is 5.41 Å². The highest BCUT2D eigenvalue weighted by Gasteiger charge is 2.25. The molecule has 1 amide bonds. The minimum atomic E-state index is -0.453. The van der Waals surface area contributed by atoms with Crippen molar-refractivity contribution in [2.24, 2.45) is 5.41 Å². The molecule has 0 aliphatic heterocycles. The molecule has 0 bridgehead atoms. The molecule has 0 saturated carbocycles. The lowest BCUT2D eigenvalue weighted by Crippen LogP contribution is -2.31. The van der Waals surface area contributed by atoms with Gasteiger partial charge in [0, 0.05) is 23.5 Å². The number of amides is 1. The standard InChI is InChI=1S/C25H24N4O/c1-25(2,3)23(29-24(30)22-17-27-13-14-28-22)21(16-26)20-11-9-19(10-12-20)15-18-7-5-4-6-8-18/h4-14,17H,15H2,1-3H3,(H,29,30)/b23-21-. The van der Waals surface area contributed by atoms with Gasteiger partial charge in [0.05, 0.1) is 11.8 Å². The number of hydrogen-bond donors (Lipinski definition) is 1. The van der Waals surface area contributed by atoms with Crippen LogP contribution in [0.25, 0.3) is 5.57 Å². The van der Waals surface area contributed by atoms with E-state index in [0.29, 0.717) is 11.3 Å². The Hall–Kier alpha value is -3.78. The lowest BCUT2D eigenvalue weighted by Gasteiger charge is -2.25. The number of aromatic nitrogens is 2. The van der Waals surface area contributed by atoms with Gasteiger partial charge in [0.15, 0.2) is 0 Å². The molecule has 0 fully saturated rings. The van der Waals surface area contributed by atoms with Gasteiger partial charge in [-0.25, -0.2) is 4.98 Å². The summed E-state index contributed by atoms with van der Waals surface area (Å²) in [5.74, 6) is -0.388. The van der Waals surface area contributed by atoms with E-state index in [0.717, 1.165) is 17.5 Å². The van der Waals surface area contributed by atoms with E-state index in [1.165, 1.54) is 24.2 Å². The summed E-state index contributed by atoms with van der Waals surface area (Å²) >= 11 is 0. The number of rotatable bonds is 5. The fraction of sp³-hybridized carbons (Fsp3) is 0.200. The maximum Gasteiger partial charge on any atom is 0.275 e. The summed E-state index contributed by atoms with van der Waals surface area (Å²) in [5.41, 5.74) is 3.89. The summed E-state index contributed by atoms with van der Waals surface area (Å²) < 4.78 is 0. The molecule has 3 aromatic rings. The van der Waals surface area contributed by atoms with Crippen LogP contribution in [-0.2, 0) is 6.42 Å². The van der Waals surface area contributed by atoms with Gasteiger partial charge in [0.25, 0.3) is 5.91 Å². The second-order valence-corrected chi connectivity index (χ2v) is 8.02. The van der Waals surface area contributed by atoms with Crippen molar-refractivity contribution in [3.63, 3.8) is 0 Å². The average Bonchev–Trinajstić information content (AvgIpc) is 2.75. The number of allylic oxidation sites excluding steroid dienone is 2. The van der Waals surface area contributed by atoms with E-state index in [9.17, 15) is 10.1 Å². The van der Waals surface area contributed by atoms with Crippen LogP contribution in [0.5, 0.6) is 0 Å². The molecule has 3 rings (SSSR count). The molecule has 0 radical (unpaired) electrons. The van der Waals surface area contributed by atoms with Crippen LogP contribution in [0.3, 0.4) is 0 Å². The molecule has 0 atom stereocenters. The first-order chi connectivity index (χ1) is 14.4. The first-order valence-electron chi connectivity index (χ1n) is 9.74. The molecule has 1 N–H and O–H groups in total. The zero-order chi connectivity index (χ0) is 21.6. The largest absolute Gasteiger partial charge is 0.322 e. The predicted molar refractivity (Wildman–Crippen MR) is 117 cm³/mol. The fourth-order valence-corrected chi connectivity index (χ4v) is 3.10. The smallest absolute Gasteiger partial charge is 0.275 e. The van der Waals surface area contributed by atoms with Crippen LogP contribution < -0.4 is 5.32 Å². The van der Waals surface area contributed by atoms with Crippen molar-refractivity contribution in [3.8, 4) is 6.07 Å². The second kappa shape index (κ2) is 9.15. The molecule has 2 aromatic carbocycles. The minimum absolute atomic E-state index is 0.203. The fourth-order valence-electron chi connectivity index (χ4n) is 3.10. The topological polar surface area (TPSA) is 78.7 Å². The Bertz CT molecular complexity index is 1070. The third-order valence-corrected chi connectivity index (χ3v) is 4.64. The van der Waals surface area contributed by atoms with Crippen LogP contribution in [0.1, 0.15) is 48.0 Å². The van der Waals surface area contributed by atoms with Crippen molar-refractivity contribution < 1.29 is 4.79 Å². The molecule has 0 aliphatic rings. The first kappa shape index (κ1) is 20.9. The van der Waals surface area contributed by atoms with Crippen LogP contribution in [0.15, 0.2) is 78.9 Å². The number of carbonyl (C=O) groups is 1. The molecule has 0 saturated heterocycles. The number of nitrogens with zero attached hydrogens (tertiary/aromatic N) is 3. The van der Waals surface area contributed by atoms with Crippen LogP contribution >= 0.6 is 0 Å². The quantitative estimate of drug-likeness (QED) is 0.630. The summed E-state index contributed by atoms with van der Waals surface area (Å²) in [6.07, 6.45) is 5.20. The number of hydrogen-bond acceptors (Lipinski definition) is 4. The van der Waals surface area contributed by atoms with E-state index in [2.05, 4.69) is 33.5 Å². The van der Waals surface area contributed by atoms with Crippen LogP contribution in [0.2, 0.25) is 0 Å². The predicted octanol–water partition coefficient (Wildman–Crippen LogP) is 4.78. The molecule has 0 spiro atoms. The number of carbonyl (C=O) groups excluding carboxylic acids is 1. The van der Waals surface area contributed by atoms with E-state index in [-0.39, 0.29) is 11.6 Å². The summed E-state index contributed by atoms with van der Waals surface area (Å²) in [5, 5.41) is 12.8. The van der Waals surface area contributed by atoms with Gasteiger partial charge in [-0.3, -0.25) is 9.78 Å². The van der Waals surface area contributed by atoms with Crippen molar-refractivity contribution in [2.75, 3.05) is 0 Å². The van der Waals surface area contributed by atoms with Gasteiger partial charge >= 0.3 is 0 Å². The van der Waals surface area contributed by atoms with E-state index in [1.54, 1.807) is 0 Å². The summed E-state index contributed by atoms with van der Waals surface area (Å²) in [4.78, 5) is 20.6. The van der Waals surface area contributed by atoms with E-state index >= 15 is 0 Å². The van der Waals surface area contributed by atoms with Gasteiger partial charge in [-0.15, -0.1) is 0 Å². The van der Waals surface area contributed by atoms with Gasteiger partial charge < -0.3 is 5.32 Å². The molecule has 5 heteroatoms. The lowest BCUT2D eigenvalue weighted by molar-refractivity contribution is 0.0952. The third-order valence-electron chi connectivity index (χ3n) is 4.64. The number of nitriles is 1. The van der Waals surface area contributed by atoms with Gasteiger partial charge in [0.1, 0.15) is 11.8 Å². The third kappa shape index (κ3) is 5.18. The molecule has 0 unspecified atom stereocenters. The summed E-state index contributed by atoms with van der Waals surface area (Å²) in [6, 6.07) is 20.4. The Morgan fingerprint density at radius 3 is 2.23 bits per heavy atom. The SMILES string of the molecule is CC(C)(C)/C(NC(=O)c1cnccn1)=C(\C#N)c1ccc(Cc2ccccc2)cc1. The molecule has 150 valence electrons. The average molecular weight is 396 g/mol. The lowest BCUT2D eigenvalue weighted by atomic mass is 9.86. The van der Waals surface area contributed by atoms with Crippen LogP contribution in [0.4, 0.5) is 0 Å². The van der Waals surface area contributed by atoms with E-state index in [1.807, 2.05) is 63.2 Å².